The van der Waals surface area contributed by atoms with E-state index in [4.69, 9.17) is 16.9 Å². The van der Waals surface area contributed by atoms with Crippen LogP contribution in [-0.4, -0.2) is 6.04 Å². The highest BCUT2D eigenvalue weighted by Crippen LogP contribution is 2.26. The summed E-state index contributed by atoms with van der Waals surface area (Å²) >= 11 is 9.34. The summed E-state index contributed by atoms with van der Waals surface area (Å²) in [6.45, 7) is 1.94. The van der Waals surface area contributed by atoms with Gasteiger partial charge in [0.05, 0.1) is 23.2 Å². The highest BCUT2D eigenvalue weighted by Gasteiger charge is 2.04. The van der Waals surface area contributed by atoms with Crippen LogP contribution in [-0.2, 0) is 0 Å². The van der Waals surface area contributed by atoms with E-state index in [0.717, 1.165) is 10.2 Å². The predicted octanol–water partition coefficient (Wildman–Crippen LogP) is 3.82. The lowest BCUT2D eigenvalue weighted by molar-refractivity contribution is 0.821. The Morgan fingerprint density at radius 2 is 2.36 bits per heavy atom. The fourth-order valence-electron chi connectivity index (χ4n) is 1.06. The molecule has 0 fully saturated rings. The maximum absolute atomic E-state index is 8.51. The predicted molar refractivity (Wildman–Crippen MR) is 62.5 cm³/mol. The highest BCUT2D eigenvalue weighted by molar-refractivity contribution is 9.10. The lowest BCUT2D eigenvalue weighted by Crippen LogP contribution is -2.14. The second kappa shape index (κ2) is 5.23. The van der Waals surface area contributed by atoms with E-state index in [1.165, 1.54) is 0 Å². The van der Waals surface area contributed by atoms with Crippen LogP contribution in [0.4, 0.5) is 5.69 Å². The Morgan fingerprint density at radius 1 is 1.64 bits per heavy atom. The van der Waals surface area contributed by atoms with E-state index in [1.54, 1.807) is 0 Å². The van der Waals surface area contributed by atoms with E-state index < -0.39 is 0 Å². The number of anilines is 1. The summed E-state index contributed by atoms with van der Waals surface area (Å²) in [6.07, 6.45) is 0.461. The number of hydrogen-bond donors (Lipinski definition) is 1. The van der Waals surface area contributed by atoms with Gasteiger partial charge < -0.3 is 5.32 Å². The van der Waals surface area contributed by atoms with Gasteiger partial charge in [-0.1, -0.05) is 27.5 Å². The zero-order valence-electron chi connectivity index (χ0n) is 7.72. The zero-order valence-corrected chi connectivity index (χ0v) is 10.1. The monoisotopic (exact) mass is 272 g/mol. The molecule has 0 radical (unpaired) electrons. The Bertz CT molecular complexity index is 360. The number of benzene rings is 1. The molecule has 74 valence electrons. The zero-order chi connectivity index (χ0) is 10.6. The molecule has 0 aliphatic rings. The van der Waals surface area contributed by atoms with Crippen LogP contribution >= 0.6 is 27.5 Å². The SMILES string of the molecule is CC(CC#N)Nc1cc(Br)ccc1Cl. The molecule has 0 saturated heterocycles. The summed E-state index contributed by atoms with van der Waals surface area (Å²) in [7, 11) is 0. The average Bonchev–Trinajstić information content (AvgIpc) is 2.12. The molecule has 1 aromatic rings. The van der Waals surface area contributed by atoms with Gasteiger partial charge in [0.2, 0.25) is 0 Å². The molecular weight excluding hydrogens is 263 g/mol. The third-order valence-corrected chi connectivity index (χ3v) is 2.55. The van der Waals surface area contributed by atoms with Gasteiger partial charge in [0.1, 0.15) is 0 Å². The van der Waals surface area contributed by atoms with Crippen LogP contribution in [0.2, 0.25) is 5.02 Å². The fourth-order valence-corrected chi connectivity index (χ4v) is 1.59. The Labute approximate surface area is 97.0 Å². The molecule has 1 unspecified atom stereocenters. The van der Waals surface area contributed by atoms with Crippen molar-refractivity contribution in [3.63, 3.8) is 0 Å². The third-order valence-electron chi connectivity index (χ3n) is 1.73. The Hall–Kier alpha value is -0.720. The van der Waals surface area contributed by atoms with Crippen molar-refractivity contribution in [1.82, 2.24) is 0 Å². The molecule has 1 rings (SSSR count). The minimum atomic E-state index is 0.104. The Balaban J connectivity index is 2.76. The van der Waals surface area contributed by atoms with Gasteiger partial charge in [-0.15, -0.1) is 0 Å². The highest BCUT2D eigenvalue weighted by atomic mass is 79.9. The lowest BCUT2D eigenvalue weighted by atomic mass is 10.2. The molecule has 1 N–H and O–H groups in total. The molecule has 4 heteroatoms. The lowest BCUT2D eigenvalue weighted by Gasteiger charge is -2.13. The quantitative estimate of drug-likeness (QED) is 0.909. The first kappa shape index (κ1) is 11.4. The first-order valence-corrected chi connectivity index (χ1v) is 5.39. The van der Waals surface area contributed by atoms with Crippen molar-refractivity contribution in [2.24, 2.45) is 0 Å². The standard InChI is InChI=1S/C10H10BrClN2/c1-7(4-5-13)14-10-6-8(11)2-3-9(10)12/h2-3,6-7,14H,4H2,1H3. The molecule has 0 aliphatic carbocycles. The normalized spacial score (nSPS) is 11.9. The van der Waals surface area contributed by atoms with Crippen molar-refractivity contribution in [3.05, 3.63) is 27.7 Å². The van der Waals surface area contributed by atoms with Crippen molar-refractivity contribution >= 4 is 33.2 Å². The molecular formula is C10H10BrClN2. The first-order chi connectivity index (χ1) is 6.63. The number of hydrogen-bond acceptors (Lipinski definition) is 2. The summed E-state index contributed by atoms with van der Waals surface area (Å²) in [4.78, 5) is 0. The molecule has 1 atom stereocenters. The van der Waals surface area contributed by atoms with Gasteiger partial charge in [0.15, 0.2) is 0 Å². The Morgan fingerprint density at radius 3 is 3.00 bits per heavy atom. The second-order valence-electron chi connectivity index (χ2n) is 3.03. The number of nitriles is 1. The minimum absolute atomic E-state index is 0.104. The van der Waals surface area contributed by atoms with Gasteiger partial charge in [-0.2, -0.15) is 5.26 Å². The summed E-state index contributed by atoms with van der Waals surface area (Å²) < 4.78 is 0.966. The van der Waals surface area contributed by atoms with E-state index in [1.807, 2.05) is 25.1 Å². The van der Waals surface area contributed by atoms with E-state index >= 15 is 0 Å². The molecule has 1 aromatic carbocycles. The number of halogens is 2. The summed E-state index contributed by atoms with van der Waals surface area (Å²) in [6, 6.07) is 7.80. The molecule has 0 aliphatic heterocycles. The molecule has 14 heavy (non-hydrogen) atoms. The van der Waals surface area contributed by atoms with Gasteiger partial charge in [-0.3, -0.25) is 0 Å². The molecule has 0 bridgehead atoms. The second-order valence-corrected chi connectivity index (χ2v) is 4.35. The smallest absolute Gasteiger partial charge is 0.0643 e. The van der Waals surface area contributed by atoms with Crippen molar-refractivity contribution in [1.29, 1.82) is 5.26 Å². The first-order valence-electron chi connectivity index (χ1n) is 4.22. The van der Waals surface area contributed by atoms with Crippen molar-refractivity contribution < 1.29 is 0 Å². The minimum Gasteiger partial charge on any atom is -0.380 e. The fraction of sp³-hybridized carbons (Fsp3) is 0.300. The van der Waals surface area contributed by atoms with Crippen LogP contribution < -0.4 is 5.32 Å². The average molecular weight is 274 g/mol. The third kappa shape index (κ3) is 3.21. The van der Waals surface area contributed by atoms with Gasteiger partial charge in [0, 0.05) is 10.5 Å². The van der Waals surface area contributed by atoms with Gasteiger partial charge in [-0.25, -0.2) is 0 Å². The van der Waals surface area contributed by atoms with E-state index in [0.29, 0.717) is 11.4 Å². The van der Waals surface area contributed by atoms with Gasteiger partial charge >= 0.3 is 0 Å². The number of nitrogens with zero attached hydrogens (tertiary/aromatic N) is 1. The van der Waals surface area contributed by atoms with Crippen LogP contribution in [0.1, 0.15) is 13.3 Å². The molecule has 0 spiro atoms. The summed E-state index contributed by atoms with van der Waals surface area (Å²) in [5.74, 6) is 0. The molecule has 0 heterocycles. The molecule has 0 saturated carbocycles. The van der Waals surface area contributed by atoms with E-state index in [2.05, 4.69) is 27.3 Å². The number of rotatable bonds is 3. The van der Waals surface area contributed by atoms with Crippen LogP contribution in [0, 0.1) is 11.3 Å². The van der Waals surface area contributed by atoms with Crippen LogP contribution in [0.5, 0.6) is 0 Å². The van der Waals surface area contributed by atoms with Crippen LogP contribution in [0.15, 0.2) is 22.7 Å². The molecule has 0 amide bonds. The van der Waals surface area contributed by atoms with Crippen molar-refractivity contribution in [2.45, 2.75) is 19.4 Å². The number of nitrogens with one attached hydrogen (secondary N) is 1. The van der Waals surface area contributed by atoms with Gasteiger partial charge in [-0.05, 0) is 25.1 Å². The maximum Gasteiger partial charge on any atom is 0.0643 e. The summed E-state index contributed by atoms with van der Waals surface area (Å²) in [5, 5.41) is 12.3. The largest absolute Gasteiger partial charge is 0.380 e. The summed E-state index contributed by atoms with van der Waals surface area (Å²) in [5.41, 5.74) is 0.851. The van der Waals surface area contributed by atoms with Gasteiger partial charge in [0.25, 0.3) is 0 Å². The van der Waals surface area contributed by atoms with Crippen LogP contribution in [0.3, 0.4) is 0 Å². The Kier molecular flexibility index (Phi) is 4.24. The topological polar surface area (TPSA) is 35.8 Å². The van der Waals surface area contributed by atoms with E-state index in [9.17, 15) is 0 Å². The molecule has 2 nitrogen and oxygen atoms in total. The van der Waals surface area contributed by atoms with Crippen LogP contribution in [0.25, 0.3) is 0 Å². The van der Waals surface area contributed by atoms with Crippen molar-refractivity contribution in [2.75, 3.05) is 5.32 Å². The molecule has 0 aromatic heterocycles. The van der Waals surface area contributed by atoms with Crippen molar-refractivity contribution in [3.8, 4) is 6.07 Å². The van der Waals surface area contributed by atoms with E-state index in [-0.39, 0.29) is 6.04 Å². The maximum atomic E-state index is 8.51.